The molecule has 0 saturated heterocycles. The van der Waals surface area contributed by atoms with Gasteiger partial charge in [0.15, 0.2) is 9.84 Å². The molecule has 2 atom stereocenters. The summed E-state index contributed by atoms with van der Waals surface area (Å²) in [5, 5.41) is 9.28. The van der Waals surface area contributed by atoms with Crippen molar-refractivity contribution < 1.29 is 13.5 Å². The van der Waals surface area contributed by atoms with Crippen molar-refractivity contribution in [2.75, 3.05) is 0 Å². The van der Waals surface area contributed by atoms with Gasteiger partial charge in [-0.2, -0.15) is 0 Å². The molecule has 0 bridgehead atoms. The van der Waals surface area contributed by atoms with Crippen molar-refractivity contribution in [3.63, 3.8) is 0 Å². The maximum absolute atomic E-state index is 12.6. The van der Waals surface area contributed by atoms with Crippen LogP contribution >= 0.6 is 0 Å². The highest BCUT2D eigenvalue weighted by Crippen LogP contribution is 2.21. The van der Waals surface area contributed by atoms with Gasteiger partial charge in [0.1, 0.15) is 5.25 Å². The molecule has 0 aliphatic heterocycles. The molecule has 2 unspecified atom stereocenters. The van der Waals surface area contributed by atoms with E-state index in [-0.39, 0.29) is 11.3 Å². The number of sulfone groups is 1. The fourth-order valence-corrected chi connectivity index (χ4v) is 3.84. The van der Waals surface area contributed by atoms with E-state index in [1.807, 2.05) is 30.3 Å². The molecule has 0 aromatic heterocycles. The van der Waals surface area contributed by atoms with E-state index < -0.39 is 21.2 Å². The van der Waals surface area contributed by atoms with Crippen molar-refractivity contribution >= 4 is 9.84 Å². The zero-order chi connectivity index (χ0) is 15.3. The number of aliphatic hydroxyl groups is 1. The van der Waals surface area contributed by atoms with Gasteiger partial charge < -0.3 is 5.11 Å². The van der Waals surface area contributed by atoms with Crippen LogP contribution in [0.4, 0.5) is 0 Å². The summed E-state index contributed by atoms with van der Waals surface area (Å²) >= 11 is 0. The van der Waals surface area contributed by atoms with E-state index in [4.69, 9.17) is 0 Å². The molecule has 0 spiro atoms. The molecule has 2 rings (SSSR count). The van der Waals surface area contributed by atoms with Gasteiger partial charge in [-0.1, -0.05) is 54.6 Å². The lowest BCUT2D eigenvalue weighted by atomic mass is 10.1. The Bertz CT molecular complexity index is 678. The maximum atomic E-state index is 12.6. The molecule has 3 nitrogen and oxygen atoms in total. The number of aliphatic hydroxyl groups excluding tert-OH is 1. The first kappa shape index (κ1) is 15.5. The Morgan fingerprint density at radius 1 is 1.00 bits per heavy atom. The van der Waals surface area contributed by atoms with Crippen LogP contribution in [-0.2, 0) is 16.3 Å². The Morgan fingerprint density at radius 2 is 1.52 bits per heavy atom. The summed E-state index contributed by atoms with van der Waals surface area (Å²) in [6, 6.07) is 17.4. The van der Waals surface area contributed by atoms with Crippen molar-refractivity contribution in [3.05, 3.63) is 78.9 Å². The summed E-state index contributed by atoms with van der Waals surface area (Å²) in [6.45, 7) is 3.58. The highest BCUT2D eigenvalue weighted by atomic mass is 32.2. The predicted molar refractivity (Wildman–Crippen MR) is 83.8 cm³/mol. The fraction of sp³-hybridized carbons (Fsp3) is 0.176. The first-order valence-electron chi connectivity index (χ1n) is 6.69. The third-order valence-electron chi connectivity index (χ3n) is 3.33. The van der Waals surface area contributed by atoms with Crippen molar-refractivity contribution in [3.8, 4) is 0 Å². The lowest BCUT2D eigenvalue weighted by Gasteiger charge is -2.20. The minimum absolute atomic E-state index is 0.196. The van der Waals surface area contributed by atoms with E-state index in [9.17, 15) is 13.5 Å². The third kappa shape index (κ3) is 3.60. The summed E-state index contributed by atoms with van der Waals surface area (Å²) in [5.74, 6) is 0. The second kappa shape index (κ2) is 6.70. The second-order valence-electron chi connectivity index (χ2n) is 4.82. The first-order chi connectivity index (χ1) is 10.1. The van der Waals surface area contributed by atoms with E-state index >= 15 is 0 Å². The van der Waals surface area contributed by atoms with Gasteiger partial charge in [0.05, 0.1) is 11.0 Å². The Hall–Kier alpha value is -1.91. The molecule has 0 radical (unpaired) electrons. The highest BCUT2D eigenvalue weighted by molar-refractivity contribution is 7.92. The Kier molecular flexibility index (Phi) is 4.94. The standard InChI is InChI=1S/C17H18O3S/c1-2-17(16(18)13-14-9-5-3-6-10-14)21(19,20)15-11-7-4-8-12-15/h2-12,16-18H,1,13H2. The van der Waals surface area contributed by atoms with Gasteiger partial charge in [-0.25, -0.2) is 8.42 Å². The first-order valence-corrected chi connectivity index (χ1v) is 8.24. The molecule has 0 aliphatic carbocycles. The largest absolute Gasteiger partial charge is 0.391 e. The monoisotopic (exact) mass is 302 g/mol. The van der Waals surface area contributed by atoms with Gasteiger partial charge in [0.25, 0.3) is 0 Å². The summed E-state index contributed by atoms with van der Waals surface area (Å²) in [6.07, 6.45) is 0.537. The lowest BCUT2D eigenvalue weighted by Crippen LogP contribution is -2.34. The molecule has 4 heteroatoms. The van der Waals surface area contributed by atoms with Crippen LogP contribution in [0.1, 0.15) is 5.56 Å². The predicted octanol–water partition coefficient (Wildman–Crippen LogP) is 2.62. The summed E-state index contributed by atoms with van der Waals surface area (Å²) in [7, 11) is -3.64. The summed E-state index contributed by atoms with van der Waals surface area (Å²) in [5.41, 5.74) is 0.889. The molecule has 0 fully saturated rings. The fourth-order valence-electron chi connectivity index (χ4n) is 2.23. The number of rotatable bonds is 6. The van der Waals surface area contributed by atoms with Gasteiger partial charge >= 0.3 is 0 Å². The SMILES string of the molecule is C=CC(C(O)Cc1ccccc1)S(=O)(=O)c1ccccc1. The van der Waals surface area contributed by atoms with Crippen molar-refractivity contribution in [1.29, 1.82) is 0 Å². The molecular weight excluding hydrogens is 284 g/mol. The van der Waals surface area contributed by atoms with E-state index in [0.717, 1.165) is 5.56 Å². The molecule has 2 aromatic rings. The third-order valence-corrected chi connectivity index (χ3v) is 5.48. The minimum atomic E-state index is -3.64. The van der Waals surface area contributed by atoms with Gasteiger partial charge in [-0.15, -0.1) is 6.58 Å². The Balaban J connectivity index is 2.25. The zero-order valence-electron chi connectivity index (χ0n) is 11.6. The number of benzene rings is 2. The van der Waals surface area contributed by atoms with Crippen molar-refractivity contribution in [1.82, 2.24) is 0 Å². The summed E-state index contributed by atoms with van der Waals surface area (Å²) < 4.78 is 25.1. The average Bonchev–Trinajstić information content (AvgIpc) is 2.49. The van der Waals surface area contributed by atoms with Crippen LogP contribution in [0.3, 0.4) is 0 Å². The molecular formula is C17H18O3S. The van der Waals surface area contributed by atoms with E-state index in [0.29, 0.717) is 0 Å². The molecule has 0 amide bonds. The van der Waals surface area contributed by atoms with Gasteiger partial charge in [0.2, 0.25) is 0 Å². The molecule has 1 N–H and O–H groups in total. The van der Waals surface area contributed by atoms with Crippen LogP contribution in [0.25, 0.3) is 0 Å². The summed E-state index contributed by atoms with van der Waals surface area (Å²) in [4.78, 5) is 0.196. The van der Waals surface area contributed by atoms with Gasteiger partial charge in [-0.3, -0.25) is 0 Å². The average molecular weight is 302 g/mol. The van der Waals surface area contributed by atoms with Crippen LogP contribution < -0.4 is 0 Å². The molecule has 0 heterocycles. The molecule has 110 valence electrons. The quantitative estimate of drug-likeness (QED) is 0.835. The number of hydrogen-bond acceptors (Lipinski definition) is 3. The van der Waals surface area contributed by atoms with E-state index in [1.165, 1.54) is 18.2 Å². The van der Waals surface area contributed by atoms with Crippen molar-refractivity contribution in [2.45, 2.75) is 22.7 Å². The minimum Gasteiger partial charge on any atom is -0.391 e. The van der Waals surface area contributed by atoms with Crippen LogP contribution in [0.2, 0.25) is 0 Å². The zero-order valence-corrected chi connectivity index (χ0v) is 12.4. The highest BCUT2D eigenvalue weighted by Gasteiger charge is 2.31. The van der Waals surface area contributed by atoms with Crippen LogP contribution in [0.15, 0.2) is 78.2 Å². The molecule has 0 saturated carbocycles. The van der Waals surface area contributed by atoms with Gasteiger partial charge in [-0.05, 0) is 24.1 Å². The maximum Gasteiger partial charge on any atom is 0.187 e. The van der Waals surface area contributed by atoms with Crippen LogP contribution in [0.5, 0.6) is 0 Å². The molecule has 2 aromatic carbocycles. The molecule has 21 heavy (non-hydrogen) atoms. The Morgan fingerprint density at radius 3 is 2.05 bits per heavy atom. The van der Waals surface area contributed by atoms with Crippen LogP contribution in [-0.4, -0.2) is 24.9 Å². The van der Waals surface area contributed by atoms with Gasteiger partial charge in [0, 0.05) is 0 Å². The normalized spacial score (nSPS) is 14.3. The van der Waals surface area contributed by atoms with Crippen molar-refractivity contribution in [2.24, 2.45) is 0 Å². The topological polar surface area (TPSA) is 54.4 Å². The Labute approximate surface area is 125 Å². The smallest absolute Gasteiger partial charge is 0.187 e. The van der Waals surface area contributed by atoms with E-state index in [2.05, 4.69) is 6.58 Å². The molecule has 0 aliphatic rings. The van der Waals surface area contributed by atoms with Crippen LogP contribution in [0, 0.1) is 0 Å². The number of hydrogen-bond donors (Lipinski definition) is 1. The second-order valence-corrected chi connectivity index (χ2v) is 6.92. The van der Waals surface area contributed by atoms with E-state index in [1.54, 1.807) is 18.2 Å². The lowest BCUT2D eigenvalue weighted by molar-refractivity contribution is 0.180.